The van der Waals surface area contributed by atoms with E-state index in [4.69, 9.17) is 4.74 Å². The van der Waals surface area contributed by atoms with E-state index in [2.05, 4.69) is 95.9 Å². The average Bonchev–Trinajstić information content (AvgIpc) is 2.78. The van der Waals surface area contributed by atoms with Crippen molar-refractivity contribution in [3.8, 4) is 5.75 Å². The van der Waals surface area contributed by atoms with Crippen molar-refractivity contribution in [3.05, 3.63) is 113 Å². The van der Waals surface area contributed by atoms with Gasteiger partial charge in [-0.15, -0.1) is 0 Å². The largest absolute Gasteiger partial charge is 0.470 e. The van der Waals surface area contributed by atoms with Crippen LogP contribution in [0.2, 0.25) is 0 Å². The zero-order valence-corrected chi connectivity index (χ0v) is 15.6. The van der Waals surface area contributed by atoms with Gasteiger partial charge in [-0.05, 0) is 22.9 Å². The van der Waals surface area contributed by atoms with E-state index in [-0.39, 0.29) is 12.3 Å². The van der Waals surface area contributed by atoms with Crippen LogP contribution in [-0.2, 0) is 6.42 Å². The van der Waals surface area contributed by atoms with E-state index in [0.29, 0.717) is 0 Å². The third-order valence-corrected chi connectivity index (χ3v) is 6.14. The van der Waals surface area contributed by atoms with Crippen LogP contribution >= 0.6 is 0 Å². The molecule has 0 aliphatic carbocycles. The molecule has 136 valence electrons. The minimum absolute atomic E-state index is 0.0477. The Morgan fingerprint density at radius 3 is 2.43 bits per heavy atom. The van der Waals surface area contributed by atoms with E-state index in [9.17, 15) is 0 Å². The van der Waals surface area contributed by atoms with Crippen molar-refractivity contribution in [1.82, 2.24) is 4.90 Å². The maximum absolute atomic E-state index is 6.75. The Morgan fingerprint density at radius 1 is 0.714 bits per heavy atom. The van der Waals surface area contributed by atoms with Crippen LogP contribution in [0.3, 0.4) is 0 Å². The molecule has 0 saturated carbocycles. The molecule has 0 N–H and O–H groups in total. The summed E-state index contributed by atoms with van der Waals surface area (Å²) >= 11 is 0. The highest BCUT2D eigenvalue weighted by molar-refractivity contribution is 5.90. The molecule has 0 saturated heterocycles. The van der Waals surface area contributed by atoms with E-state index in [1.54, 1.807) is 0 Å². The summed E-state index contributed by atoms with van der Waals surface area (Å²) in [5.41, 5.74) is 5.29. The summed E-state index contributed by atoms with van der Waals surface area (Å²) in [6.07, 6.45) is 1.01. The normalized spacial score (nSPS) is 20.7. The lowest BCUT2D eigenvalue weighted by molar-refractivity contribution is -0.0254. The average molecular weight is 363 g/mol. The lowest BCUT2D eigenvalue weighted by Crippen LogP contribution is -2.44. The fourth-order valence-corrected chi connectivity index (χ4v) is 4.85. The maximum atomic E-state index is 6.75. The van der Waals surface area contributed by atoms with Crippen LogP contribution in [0.15, 0.2) is 91.0 Å². The molecule has 28 heavy (non-hydrogen) atoms. The molecule has 2 unspecified atom stereocenters. The predicted octanol–water partition coefficient (Wildman–Crippen LogP) is 5.88. The van der Waals surface area contributed by atoms with Crippen molar-refractivity contribution in [2.45, 2.75) is 18.7 Å². The van der Waals surface area contributed by atoms with Crippen molar-refractivity contribution < 1.29 is 4.74 Å². The topological polar surface area (TPSA) is 12.5 Å². The Morgan fingerprint density at radius 2 is 1.50 bits per heavy atom. The van der Waals surface area contributed by atoms with Crippen LogP contribution in [0.5, 0.6) is 5.75 Å². The molecule has 0 spiro atoms. The molecule has 0 amide bonds. The number of benzene rings is 4. The molecule has 2 heterocycles. The molecule has 6 rings (SSSR count). The number of rotatable bonds is 1. The minimum Gasteiger partial charge on any atom is -0.470 e. The summed E-state index contributed by atoms with van der Waals surface area (Å²) < 4.78 is 6.75. The molecule has 2 nitrogen and oxygen atoms in total. The van der Waals surface area contributed by atoms with Crippen molar-refractivity contribution in [2.24, 2.45) is 0 Å². The van der Waals surface area contributed by atoms with Gasteiger partial charge in [0.05, 0.1) is 6.04 Å². The SMILES string of the molecule is c1ccc(C2c3ccc4ccccc4c3OC3c4ccccc4CCN32)cc1. The van der Waals surface area contributed by atoms with Crippen LogP contribution in [0.4, 0.5) is 0 Å². The van der Waals surface area contributed by atoms with Crippen LogP contribution in [0.1, 0.15) is 34.5 Å². The molecule has 2 heteroatoms. The first-order valence-corrected chi connectivity index (χ1v) is 9.97. The third kappa shape index (κ3) is 2.31. The van der Waals surface area contributed by atoms with E-state index in [0.717, 1.165) is 18.7 Å². The van der Waals surface area contributed by atoms with E-state index >= 15 is 0 Å². The quantitative estimate of drug-likeness (QED) is 0.419. The van der Waals surface area contributed by atoms with Gasteiger partial charge >= 0.3 is 0 Å². The third-order valence-electron chi connectivity index (χ3n) is 6.14. The van der Waals surface area contributed by atoms with Gasteiger partial charge in [0.25, 0.3) is 0 Å². The summed E-state index contributed by atoms with van der Waals surface area (Å²) in [6, 6.07) is 32.8. The van der Waals surface area contributed by atoms with Gasteiger partial charge in [-0.2, -0.15) is 0 Å². The van der Waals surface area contributed by atoms with Crippen molar-refractivity contribution in [1.29, 1.82) is 0 Å². The highest BCUT2D eigenvalue weighted by atomic mass is 16.5. The van der Waals surface area contributed by atoms with E-state index in [1.807, 2.05) is 0 Å². The first-order valence-electron chi connectivity index (χ1n) is 9.97. The number of ether oxygens (including phenoxy) is 1. The first-order chi connectivity index (χ1) is 13.9. The monoisotopic (exact) mass is 363 g/mol. The zero-order chi connectivity index (χ0) is 18.5. The van der Waals surface area contributed by atoms with Gasteiger partial charge in [-0.25, -0.2) is 0 Å². The van der Waals surface area contributed by atoms with E-state index in [1.165, 1.54) is 33.0 Å². The molecule has 0 bridgehead atoms. The van der Waals surface area contributed by atoms with Gasteiger partial charge in [0.15, 0.2) is 6.23 Å². The number of hydrogen-bond acceptors (Lipinski definition) is 2. The summed E-state index contributed by atoms with van der Waals surface area (Å²) in [5, 5.41) is 2.43. The fraction of sp³-hybridized carbons (Fsp3) is 0.154. The molecule has 2 atom stereocenters. The molecule has 2 aliphatic rings. The van der Waals surface area contributed by atoms with E-state index < -0.39 is 0 Å². The summed E-state index contributed by atoms with van der Waals surface area (Å²) in [4.78, 5) is 2.52. The molecular formula is C26H21NO. The fourth-order valence-electron chi connectivity index (χ4n) is 4.85. The Bertz CT molecular complexity index is 1170. The zero-order valence-electron chi connectivity index (χ0n) is 15.6. The summed E-state index contributed by atoms with van der Waals surface area (Å²) in [5.74, 6) is 1.03. The molecule has 4 aromatic rings. The lowest BCUT2D eigenvalue weighted by Gasteiger charge is -2.46. The molecule has 0 aromatic heterocycles. The molecule has 4 aromatic carbocycles. The Labute approximate surface area is 165 Å². The van der Waals surface area contributed by atoms with Gasteiger partial charge in [0, 0.05) is 23.1 Å². The van der Waals surface area contributed by atoms with Crippen LogP contribution in [-0.4, -0.2) is 11.4 Å². The van der Waals surface area contributed by atoms with Gasteiger partial charge < -0.3 is 4.74 Å². The Balaban J connectivity index is 1.62. The van der Waals surface area contributed by atoms with Crippen LogP contribution in [0.25, 0.3) is 10.8 Å². The molecular weight excluding hydrogens is 342 g/mol. The molecule has 0 fully saturated rings. The second kappa shape index (κ2) is 6.22. The standard InChI is InChI=1S/C26H21NO/c1-2-10-20(11-3-1)24-23-15-14-18-8-4-6-12-21(18)25(23)28-26-22-13-7-5-9-19(22)16-17-27(24)26/h1-15,24,26H,16-17H2. The number of nitrogens with zero attached hydrogens (tertiary/aromatic N) is 1. The first kappa shape index (κ1) is 15.9. The van der Waals surface area contributed by atoms with Crippen LogP contribution < -0.4 is 4.74 Å². The Kier molecular flexibility index (Phi) is 3.53. The smallest absolute Gasteiger partial charge is 0.180 e. The van der Waals surface area contributed by atoms with Crippen molar-refractivity contribution in [3.63, 3.8) is 0 Å². The predicted molar refractivity (Wildman–Crippen MR) is 112 cm³/mol. The van der Waals surface area contributed by atoms with Crippen LogP contribution in [0, 0.1) is 0 Å². The minimum atomic E-state index is -0.0477. The highest BCUT2D eigenvalue weighted by Gasteiger charge is 2.40. The lowest BCUT2D eigenvalue weighted by atomic mass is 9.88. The second-order valence-corrected chi connectivity index (χ2v) is 7.68. The summed E-state index contributed by atoms with van der Waals surface area (Å²) in [7, 11) is 0. The van der Waals surface area contributed by atoms with Gasteiger partial charge in [-0.1, -0.05) is 91.0 Å². The highest BCUT2D eigenvalue weighted by Crippen LogP contribution is 2.49. The number of fused-ring (bicyclic) bond motifs is 6. The summed E-state index contributed by atoms with van der Waals surface area (Å²) in [6.45, 7) is 0.994. The molecule has 2 aliphatic heterocycles. The van der Waals surface area contributed by atoms with Gasteiger partial charge in [0.1, 0.15) is 5.75 Å². The van der Waals surface area contributed by atoms with Crippen molar-refractivity contribution >= 4 is 10.8 Å². The molecule has 0 radical (unpaired) electrons. The number of hydrogen-bond donors (Lipinski definition) is 0. The van der Waals surface area contributed by atoms with Gasteiger partial charge in [0.2, 0.25) is 0 Å². The van der Waals surface area contributed by atoms with Gasteiger partial charge in [-0.3, -0.25) is 4.90 Å². The van der Waals surface area contributed by atoms with Crippen molar-refractivity contribution in [2.75, 3.05) is 6.54 Å². The maximum Gasteiger partial charge on any atom is 0.180 e. The Hall–Kier alpha value is -3.10. The second-order valence-electron chi connectivity index (χ2n) is 7.68.